The molecule has 0 aliphatic carbocycles. The Balaban J connectivity index is 1.87. The second-order valence-corrected chi connectivity index (χ2v) is 5.22. The van der Waals surface area contributed by atoms with E-state index in [0.717, 1.165) is 16.9 Å². The molecular weight excluding hydrogens is 276 g/mol. The van der Waals surface area contributed by atoms with Gasteiger partial charge in [-0.1, -0.05) is 18.2 Å². The molecule has 0 spiro atoms. The zero-order valence-corrected chi connectivity index (χ0v) is 12.8. The molecule has 1 amide bonds. The predicted molar refractivity (Wildman–Crippen MR) is 87.3 cm³/mol. The summed E-state index contributed by atoms with van der Waals surface area (Å²) in [6, 6.07) is 11.6. The number of carbonyl (C=O) groups excluding carboxylic acids is 1. The fraction of sp³-hybridized carbons (Fsp3) is 0.222. The Hall–Kier alpha value is -2.62. The van der Waals surface area contributed by atoms with Gasteiger partial charge in [-0.05, 0) is 43.7 Å². The highest BCUT2D eigenvalue weighted by atomic mass is 16.5. The number of hydrogen-bond acceptors (Lipinski definition) is 3. The monoisotopic (exact) mass is 296 g/mol. The average molecular weight is 296 g/mol. The molecule has 0 saturated heterocycles. The van der Waals surface area contributed by atoms with Crippen molar-refractivity contribution in [2.45, 2.75) is 26.5 Å². The SMILES string of the molecule is CC(C)NC(=O)/C=C/c1ccc(OCc2cccnc2)cc1. The minimum absolute atomic E-state index is 0.0908. The summed E-state index contributed by atoms with van der Waals surface area (Å²) in [5.41, 5.74) is 1.98. The molecule has 0 unspecified atom stereocenters. The molecule has 0 fully saturated rings. The summed E-state index contributed by atoms with van der Waals surface area (Å²) in [6.07, 6.45) is 6.83. The molecule has 1 aromatic carbocycles. The van der Waals surface area contributed by atoms with Gasteiger partial charge in [-0.15, -0.1) is 0 Å². The van der Waals surface area contributed by atoms with E-state index in [1.807, 2.05) is 50.2 Å². The Labute approximate surface area is 130 Å². The Morgan fingerprint density at radius 2 is 2.05 bits per heavy atom. The number of carbonyl (C=O) groups is 1. The molecule has 0 atom stereocenters. The fourth-order valence-corrected chi connectivity index (χ4v) is 1.83. The number of nitrogens with one attached hydrogen (secondary N) is 1. The number of pyridine rings is 1. The van der Waals surface area contributed by atoms with Crippen molar-refractivity contribution < 1.29 is 9.53 Å². The van der Waals surface area contributed by atoms with Crippen LogP contribution in [-0.4, -0.2) is 16.9 Å². The van der Waals surface area contributed by atoms with Crippen LogP contribution in [0.5, 0.6) is 5.75 Å². The highest BCUT2D eigenvalue weighted by Crippen LogP contribution is 2.14. The molecule has 0 saturated carbocycles. The predicted octanol–water partition coefficient (Wildman–Crippen LogP) is 3.20. The Kier molecular flexibility index (Phi) is 5.72. The molecule has 0 aliphatic rings. The molecule has 0 aliphatic heterocycles. The largest absolute Gasteiger partial charge is 0.489 e. The first-order chi connectivity index (χ1) is 10.6. The van der Waals surface area contributed by atoms with E-state index in [0.29, 0.717) is 6.61 Å². The number of aromatic nitrogens is 1. The lowest BCUT2D eigenvalue weighted by molar-refractivity contribution is -0.116. The van der Waals surface area contributed by atoms with Gasteiger partial charge in [0.1, 0.15) is 12.4 Å². The number of rotatable bonds is 6. The number of benzene rings is 1. The summed E-state index contributed by atoms with van der Waals surface area (Å²) in [4.78, 5) is 15.6. The molecule has 2 rings (SSSR count). The topological polar surface area (TPSA) is 51.2 Å². The normalized spacial score (nSPS) is 10.9. The minimum atomic E-state index is -0.0908. The zero-order chi connectivity index (χ0) is 15.8. The zero-order valence-electron chi connectivity index (χ0n) is 12.8. The first-order valence-corrected chi connectivity index (χ1v) is 7.24. The second kappa shape index (κ2) is 7.98. The molecule has 0 bridgehead atoms. The molecule has 4 heteroatoms. The summed E-state index contributed by atoms with van der Waals surface area (Å²) < 4.78 is 5.68. The summed E-state index contributed by atoms with van der Waals surface area (Å²) in [6.45, 7) is 4.35. The number of hydrogen-bond donors (Lipinski definition) is 1. The molecule has 114 valence electrons. The summed E-state index contributed by atoms with van der Waals surface area (Å²) in [7, 11) is 0. The molecule has 0 radical (unpaired) electrons. The first-order valence-electron chi connectivity index (χ1n) is 7.24. The summed E-state index contributed by atoms with van der Waals surface area (Å²) in [5.74, 6) is 0.694. The van der Waals surface area contributed by atoms with Crippen LogP contribution in [0.2, 0.25) is 0 Å². The van der Waals surface area contributed by atoms with E-state index in [-0.39, 0.29) is 11.9 Å². The van der Waals surface area contributed by atoms with E-state index in [4.69, 9.17) is 4.74 Å². The number of ether oxygens (including phenoxy) is 1. The highest BCUT2D eigenvalue weighted by molar-refractivity contribution is 5.91. The lowest BCUT2D eigenvalue weighted by atomic mass is 10.2. The third-order valence-corrected chi connectivity index (χ3v) is 2.87. The van der Waals surface area contributed by atoms with Crippen LogP contribution in [0.25, 0.3) is 6.08 Å². The smallest absolute Gasteiger partial charge is 0.244 e. The van der Waals surface area contributed by atoms with Gasteiger partial charge < -0.3 is 10.1 Å². The molecule has 4 nitrogen and oxygen atoms in total. The van der Waals surface area contributed by atoms with Crippen LogP contribution in [0.3, 0.4) is 0 Å². The standard InChI is InChI=1S/C18H20N2O2/c1-14(2)20-18(21)10-7-15-5-8-17(9-6-15)22-13-16-4-3-11-19-12-16/h3-12,14H,13H2,1-2H3,(H,20,21)/b10-7+. The van der Waals surface area contributed by atoms with Crippen LogP contribution in [0.15, 0.2) is 54.9 Å². The van der Waals surface area contributed by atoms with E-state index < -0.39 is 0 Å². The molecule has 1 aromatic heterocycles. The number of nitrogens with zero attached hydrogens (tertiary/aromatic N) is 1. The van der Waals surface area contributed by atoms with Crippen LogP contribution >= 0.6 is 0 Å². The van der Waals surface area contributed by atoms with Gasteiger partial charge in [0.25, 0.3) is 0 Å². The van der Waals surface area contributed by atoms with Gasteiger partial charge in [-0.3, -0.25) is 9.78 Å². The Morgan fingerprint density at radius 3 is 2.68 bits per heavy atom. The van der Waals surface area contributed by atoms with Crippen LogP contribution in [0.4, 0.5) is 0 Å². The lowest BCUT2D eigenvalue weighted by Crippen LogP contribution is -2.28. The average Bonchev–Trinajstić information content (AvgIpc) is 2.52. The number of amides is 1. The van der Waals surface area contributed by atoms with Gasteiger partial charge in [-0.2, -0.15) is 0 Å². The third kappa shape index (κ3) is 5.40. The molecule has 22 heavy (non-hydrogen) atoms. The van der Waals surface area contributed by atoms with Crippen LogP contribution in [0.1, 0.15) is 25.0 Å². The highest BCUT2D eigenvalue weighted by Gasteiger charge is 1.98. The van der Waals surface area contributed by atoms with E-state index in [2.05, 4.69) is 10.3 Å². The fourth-order valence-electron chi connectivity index (χ4n) is 1.83. The molecule has 2 aromatic rings. The second-order valence-electron chi connectivity index (χ2n) is 5.22. The summed E-state index contributed by atoms with van der Waals surface area (Å²) in [5, 5.41) is 2.81. The maximum Gasteiger partial charge on any atom is 0.244 e. The van der Waals surface area contributed by atoms with E-state index in [1.165, 1.54) is 6.08 Å². The molecular formula is C18H20N2O2. The van der Waals surface area contributed by atoms with Gasteiger partial charge in [0.15, 0.2) is 0 Å². The molecule has 1 heterocycles. The maximum atomic E-state index is 11.5. The van der Waals surface area contributed by atoms with Crippen molar-refractivity contribution in [3.8, 4) is 5.75 Å². The molecule has 1 N–H and O–H groups in total. The Bertz CT molecular complexity index is 619. The van der Waals surface area contributed by atoms with E-state index >= 15 is 0 Å². The van der Waals surface area contributed by atoms with Crippen molar-refractivity contribution in [3.05, 3.63) is 66.0 Å². The van der Waals surface area contributed by atoms with Crippen molar-refractivity contribution in [3.63, 3.8) is 0 Å². The van der Waals surface area contributed by atoms with E-state index in [1.54, 1.807) is 18.5 Å². The van der Waals surface area contributed by atoms with Crippen LogP contribution in [0, 0.1) is 0 Å². The van der Waals surface area contributed by atoms with Crippen molar-refractivity contribution in [1.82, 2.24) is 10.3 Å². The summed E-state index contributed by atoms with van der Waals surface area (Å²) >= 11 is 0. The lowest BCUT2D eigenvalue weighted by Gasteiger charge is -2.06. The maximum absolute atomic E-state index is 11.5. The van der Waals surface area contributed by atoms with Gasteiger partial charge in [0, 0.05) is 30.1 Å². The first kappa shape index (κ1) is 15.8. The van der Waals surface area contributed by atoms with E-state index in [9.17, 15) is 4.79 Å². The minimum Gasteiger partial charge on any atom is -0.489 e. The van der Waals surface area contributed by atoms with Gasteiger partial charge >= 0.3 is 0 Å². The van der Waals surface area contributed by atoms with Gasteiger partial charge in [-0.25, -0.2) is 0 Å². The third-order valence-electron chi connectivity index (χ3n) is 2.87. The van der Waals surface area contributed by atoms with Gasteiger partial charge in [0.2, 0.25) is 5.91 Å². The van der Waals surface area contributed by atoms with Crippen molar-refractivity contribution in [2.24, 2.45) is 0 Å². The van der Waals surface area contributed by atoms with Gasteiger partial charge in [0.05, 0.1) is 0 Å². The quantitative estimate of drug-likeness (QED) is 0.833. The van der Waals surface area contributed by atoms with Crippen molar-refractivity contribution >= 4 is 12.0 Å². The Morgan fingerprint density at radius 1 is 1.27 bits per heavy atom. The van der Waals surface area contributed by atoms with Crippen molar-refractivity contribution in [2.75, 3.05) is 0 Å². The van der Waals surface area contributed by atoms with Crippen LogP contribution < -0.4 is 10.1 Å². The van der Waals surface area contributed by atoms with Crippen LogP contribution in [-0.2, 0) is 11.4 Å². The van der Waals surface area contributed by atoms with Crippen molar-refractivity contribution in [1.29, 1.82) is 0 Å².